The van der Waals surface area contributed by atoms with Crippen LogP contribution in [0.3, 0.4) is 0 Å². The van der Waals surface area contributed by atoms with Gasteiger partial charge in [-0.25, -0.2) is 0 Å². The first-order valence-electron chi connectivity index (χ1n) is 8.14. The number of alkyl halides is 1. The van der Waals surface area contributed by atoms with Crippen LogP contribution in [0.15, 0.2) is 30.3 Å². The summed E-state index contributed by atoms with van der Waals surface area (Å²) in [4.78, 5) is 0. The second-order valence-electron chi connectivity index (χ2n) is 6.48. The molecule has 0 bridgehead atoms. The minimum absolute atomic E-state index is 0.151. The second-order valence-corrected chi connectivity index (χ2v) is 7.00. The van der Waals surface area contributed by atoms with E-state index < -0.39 is 0 Å². The van der Waals surface area contributed by atoms with E-state index in [1.54, 1.807) is 0 Å². The Morgan fingerprint density at radius 2 is 1.90 bits per heavy atom. The molecule has 1 spiro atoms. The van der Waals surface area contributed by atoms with Crippen molar-refractivity contribution >= 4 is 11.6 Å². The Bertz CT molecular complexity index is 411. The largest absolute Gasteiger partial charge is 0.372 e. The molecule has 2 aliphatic rings. The van der Waals surface area contributed by atoms with E-state index in [0.29, 0.717) is 6.10 Å². The summed E-state index contributed by atoms with van der Waals surface area (Å²) in [5, 5.41) is 0.151. The van der Waals surface area contributed by atoms with E-state index in [1.807, 2.05) is 6.07 Å². The van der Waals surface area contributed by atoms with Crippen LogP contribution in [0.4, 0.5) is 0 Å². The second kappa shape index (κ2) is 6.49. The molecule has 1 saturated heterocycles. The molecule has 110 valence electrons. The summed E-state index contributed by atoms with van der Waals surface area (Å²) in [5.74, 6) is 0. The van der Waals surface area contributed by atoms with Crippen molar-refractivity contribution in [3.05, 3.63) is 35.9 Å². The third-order valence-electron chi connectivity index (χ3n) is 5.00. The number of halogens is 1. The molecule has 1 heterocycles. The summed E-state index contributed by atoms with van der Waals surface area (Å²) in [7, 11) is 0. The molecule has 3 rings (SSSR count). The van der Waals surface area contributed by atoms with Crippen LogP contribution in [0, 0.1) is 0 Å². The normalized spacial score (nSPS) is 26.1. The molecule has 0 radical (unpaired) electrons. The Morgan fingerprint density at radius 1 is 1.15 bits per heavy atom. The molecule has 1 aliphatic heterocycles. The van der Waals surface area contributed by atoms with E-state index in [0.717, 1.165) is 6.42 Å². The van der Waals surface area contributed by atoms with Crippen LogP contribution < -0.4 is 0 Å². The third kappa shape index (κ3) is 3.38. The van der Waals surface area contributed by atoms with Gasteiger partial charge in [0.05, 0.1) is 17.1 Å². The summed E-state index contributed by atoms with van der Waals surface area (Å²) in [6, 6.07) is 10.4. The van der Waals surface area contributed by atoms with Gasteiger partial charge in [-0.05, 0) is 50.5 Å². The molecule has 0 N–H and O–H groups in total. The van der Waals surface area contributed by atoms with Crippen LogP contribution in [0.25, 0.3) is 0 Å². The van der Waals surface area contributed by atoms with Crippen molar-refractivity contribution in [3.63, 3.8) is 0 Å². The zero-order valence-electron chi connectivity index (χ0n) is 12.2. The van der Waals surface area contributed by atoms with Crippen molar-refractivity contribution in [2.75, 3.05) is 0 Å². The first-order valence-corrected chi connectivity index (χ1v) is 8.58. The monoisotopic (exact) mass is 292 g/mol. The summed E-state index contributed by atoms with van der Waals surface area (Å²) in [6.45, 7) is 0. The molecule has 1 nitrogen and oxygen atoms in total. The van der Waals surface area contributed by atoms with E-state index in [1.165, 1.54) is 56.9 Å². The number of hydrogen-bond acceptors (Lipinski definition) is 1. The lowest BCUT2D eigenvalue weighted by Crippen LogP contribution is -2.24. The summed E-state index contributed by atoms with van der Waals surface area (Å²) in [6.07, 6.45) is 11.8. The first kappa shape index (κ1) is 14.4. The number of benzene rings is 1. The van der Waals surface area contributed by atoms with E-state index >= 15 is 0 Å². The number of ether oxygens (including phenoxy) is 1. The molecule has 1 aliphatic carbocycles. The maximum absolute atomic E-state index is 6.47. The lowest BCUT2D eigenvalue weighted by Gasteiger charge is -2.24. The molecular weight excluding hydrogens is 268 g/mol. The molecular formula is C18H25ClO. The highest BCUT2D eigenvalue weighted by Gasteiger charge is 2.41. The topological polar surface area (TPSA) is 9.23 Å². The predicted molar refractivity (Wildman–Crippen MR) is 84.2 cm³/mol. The minimum atomic E-state index is 0.151. The van der Waals surface area contributed by atoms with Gasteiger partial charge in [-0.15, -0.1) is 11.6 Å². The highest BCUT2D eigenvalue weighted by atomic mass is 35.5. The fraction of sp³-hybridized carbons (Fsp3) is 0.667. The van der Waals surface area contributed by atoms with E-state index in [4.69, 9.17) is 16.3 Å². The van der Waals surface area contributed by atoms with Crippen molar-refractivity contribution in [2.24, 2.45) is 0 Å². The third-order valence-corrected chi connectivity index (χ3v) is 5.47. The molecule has 1 aromatic rings. The van der Waals surface area contributed by atoms with E-state index in [-0.39, 0.29) is 11.0 Å². The Balaban J connectivity index is 1.40. The van der Waals surface area contributed by atoms with Crippen LogP contribution in [-0.2, 0) is 4.74 Å². The first-order chi connectivity index (χ1) is 9.77. The van der Waals surface area contributed by atoms with E-state index in [9.17, 15) is 0 Å². The van der Waals surface area contributed by atoms with Gasteiger partial charge in [0, 0.05) is 0 Å². The lowest BCUT2D eigenvalue weighted by molar-refractivity contribution is -0.0395. The maximum Gasteiger partial charge on any atom is 0.0687 e. The average molecular weight is 293 g/mol. The molecule has 0 aromatic heterocycles. The zero-order chi connectivity index (χ0) is 13.8. The summed E-state index contributed by atoms with van der Waals surface area (Å²) < 4.78 is 6.35. The Kier molecular flexibility index (Phi) is 4.68. The predicted octanol–water partition coefficient (Wildman–Crippen LogP) is 5.63. The average Bonchev–Trinajstić information content (AvgIpc) is 3.10. The van der Waals surface area contributed by atoms with Gasteiger partial charge in [-0.3, -0.25) is 0 Å². The van der Waals surface area contributed by atoms with Crippen molar-refractivity contribution in [1.82, 2.24) is 0 Å². The molecule has 2 unspecified atom stereocenters. The number of hydrogen-bond donors (Lipinski definition) is 0. The Labute approximate surface area is 127 Å². The SMILES string of the molecule is ClC(CCCC1CCC2(CCCC2)O1)c1ccccc1. The molecule has 1 aromatic carbocycles. The highest BCUT2D eigenvalue weighted by Crippen LogP contribution is 2.44. The zero-order valence-corrected chi connectivity index (χ0v) is 12.9. The van der Waals surface area contributed by atoms with Crippen molar-refractivity contribution in [3.8, 4) is 0 Å². The van der Waals surface area contributed by atoms with Gasteiger partial charge in [0.15, 0.2) is 0 Å². The van der Waals surface area contributed by atoms with Gasteiger partial charge >= 0.3 is 0 Å². The highest BCUT2D eigenvalue weighted by molar-refractivity contribution is 6.20. The van der Waals surface area contributed by atoms with Crippen LogP contribution >= 0.6 is 11.6 Å². The molecule has 1 saturated carbocycles. The smallest absolute Gasteiger partial charge is 0.0687 e. The fourth-order valence-electron chi connectivity index (χ4n) is 3.84. The van der Waals surface area contributed by atoms with Crippen molar-refractivity contribution in [1.29, 1.82) is 0 Å². The van der Waals surface area contributed by atoms with Crippen LogP contribution in [0.2, 0.25) is 0 Å². The molecule has 2 heteroatoms. The Hall–Kier alpha value is -0.530. The van der Waals surface area contributed by atoms with Gasteiger partial charge < -0.3 is 4.74 Å². The molecule has 0 amide bonds. The minimum Gasteiger partial charge on any atom is -0.372 e. The van der Waals surface area contributed by atoms with Crippen LogP contribution in [0.1, 0.15) is 68.7 Å². The van der Waals surface area contributed by atoms with Crippen molar-refractivity contribution < 1.29 is 4.74 Å². The Morgan fingerprint density at radius 3 is 2.65 bits per heavy atom. The summed E-state index contributed by atoms with van der Waals surface area (Å²) >= 11 is 6.47. The summed E-state index contributed by atoms with van der Waals surface area (Å²) in [5.41, 5.74) is 1.53. The van der Waals surface area contributed by atoms with Gasteiger partial charge in [-0.2, -0.15) is 0 Å². The number of rotatable bonds is 5. The van der Waals surface area contributed by atoms with Crippen molar-refractivity contribution in [2.45, 2.75) is 74.9 Å². The van der Waals surface area contributed by atoms with Crippen LogP contribution in [-0.4, -0.2) is 11.7 Å². The van der Waals surface area contributed by atoms with Gasteiger partial charge in [0.2, 0.25) is 0 Å². The quantitative estimate of drug-likeness (QED) is 0.639. The lowest BCUT2D eigenvalue weighted by atomic mass is 9.97. The van der Waals surface area contributed by atoms with Gasteiger partial charge in [-0.1, -0.05) is 43.2 Å². The van der Waals surface area contributed by atoms with Gasteiger partial charge in [0.1, 0.15) is 0 Å². The standard InChI is InChI=1S/C18H25ClO/c19-17(15-7-2-1-3-8-15)10-6-9-16-11-14-18(20-16)12-4-5-13-18/h1-3,7-8,16-17H,4-6,9-14H2. The fourth-order valence-corrected chi connectivity index (χ4v) is 4.14. The molecule has 2 fully saturated rings. The van der Waals surface area contributed by atoms with Crippen LogP contribution in [0.5, 0.6) is 0 Å². The molecule has 20 heavy (non-hydrogen) atoms. The van der Waals surface area contributed by atoms with Gasteiger partial charge in [0.25, 0.3) is 0 Å². The maximum atomic E-state index is 6.47. The molecule has 2 atom stereocenters. The van der Waals surface area contributed by atoms with E-state index in [2.05, 4.69) is 24.3 Å².